The minimum absolute atomic E-state index is 0.127. The fourth-order valence-electron chi connectivity index (χ4n) is 1.77. The lowest BCUT2D eigenvalue weighted by Gasteiger charge is -2.08. The number of ether oxygens (including phenoxy) is 1. The molecule has 2 rings (SSSR count). The second-order valence-electron chi connectivity index (χ2n) is 3.90. The van der Waals surface area contributed by atoms with E-state index in [1.807, 2.05) is 13.0 Å². The van der Waals surface area contributed by atoms with Crippen molar-refractivity contribution in [3.63, 3.8) is 0 Å². The highest BCUT2D eigenvalue weighted by molar-refractivity contribution is 5.68. The Balaban J connectivity index is 2.58. The minimum Gasteiger partial charge on any atom is -0.508 e. The largest absolute Gasteiger partial charge is 0.508 e. The van der Waals surface area contributed by atoms with Crippen molar-refractivity contribution in [3.05, 3.63) is 47.8 Å². The average Bonchev–Trinajstić information content (AvgIpc) is 2.28. The lowest BCUT2D eigenvalue weighted by molar-refractivity contribution is 0.414. The van der Waals surface area contributed by atoms with Crippen molar-refractivity contribution >= 4 is 0 Å². The van der Waals surface area contributed by atoms with Gasteiger partial charge in [0.25, 0.3) is 0 Å². The first kappa shape index (κ1) is 11.5. The molecule has 0 fully saturated rings. The monoisotopic (exact) mass is 232 g/mol. The number of methoxy groups -OCH3 is 1. The molecule has 1 N–H and O–H groups in total. The third-order valence-corrected chi connectivity index (χ3v) is 2.55. The van der Waals surface area contributed by atoms with E-state index in [1.54, 1.807) is 18.2 Å². The molecule has 2 nitrogen and oxygen atoms in total. The van der Waals surface area contributed by atoms with Crippen LogP contribution >= 0.6 is 0 Å². The fraction of sp³-hybridized carbons (Fsp3) is 0.143. The van der Waals surface area contributed by atoms with Gasteiger partial charge in [0.1, 0.15) is 17.3 Å². The van der Waals surface area contributed by atoms with Crippen molar-refractivity contribution in [1.82, 2.24) is 0 Å². The van der Waals surface area contributed by atoms with E-state index < -0.39 is 0 Å². The highest BCUT2D eigenvalue weighted by Crippen LogP contribution is 2.30. The third-order valence-electron chi connectivity index (χ3n) is 2.55. The molecule has 2 aromatic rings. The van der Waals surface area contributed by atoms with Gasteiger partial charge in [-0.15, -0.1) is 0 Å². The SMILES string of the molecule is COc1ccc(F)c(-c2cc(C)cc(O)c2)c1. The molecule has 0 heterocycles. The molecule has 2 aromatic carbocycles. The Bertz CT molecular complexity index is 530. The first-order valence-electron chi connectivity index (χ1n) is 5.25. The van der Waals surface area contributed by atoms with Gasteiger partial charge in [-0.05, 0) is 48.4 Å². The number of hydrogen-bond acceptors (Lipinski definition) is 2. The summed E-state index contributed by atoms with van der Waals surface area (Å²) >= 11 is 0. The number of hydrogen-bond donors (Lipinski definition) is 1. The van der Waals surface area contributed by atoms with Crippen molar-refractivity contribution in [2.45, 2.75) is 6.92 Å². The van der Waals surface area contributed by atoms with Crippen LogP contribution < -0.4 is 4.74 Å². The molecular weight excluding hydrogens is 219 g/mol. The highest BCUT2D eigenvalue weighted by Gasteiger charge is 2.08. The molecule has 0 atom stereocenters. The maximum absolute atomic E-state index is 13.7. The Kier molecular flexibility index (Phi) is 3.00. The maximum atomic E-state index is 13.7. The molecule has 0 aromatic heterocycles. The summed E-state index contributed by atoms with van der Waals surface area (Å²) in [6.07, 6.45) is 0. The average molecular weight is 232 g/mol. The Morgan fingerprint density at radius 2 is 1.88 bits per heavy atom. The van der Waals surface area contributed by atoms with Gasteiger partial charge >= 0.3 is 0 Å². The summed E-state index contributed by atoms with van der Waals surface area (Å²) < 4.78 is 18.8. The predicted molar refractivity (Wildman–Crippen MR) is 64.8 cm³/mol. The second-order valence-corrected chi connectivity index (χ2v) is 3.90. The molecule has 0 saturated carbocycles. The smallest absolute Gasteiger partial charge is 0.131 e. The number of phenols is 1. The van der Waals surface area contributed by atoms with Gasteiger partial charge in [-0.3, -0.25) is 0 Å². The van der Waals surface area contributed by atoms with Crippen LogP contribution in [0.25, 0.3) is 11.1 Å². The van der Waals surface area contributed by atoms with Crippen LogP contribution in [0.2, 0.25) is 0 Å². The van der Waals surface area contributed by atoms with Crippen molar-refractivity contribution < 1.29 is 14.2 Å². The third kappa shape index (κ3) is 2.38. The van der Waals surface area contributed by atoms with Crippen molar-refractivity contribution in [3.8, 4) is 22.6 Å². The van der Waals surface area contributed by atoms with Gasteiger partial charge in [0.05, 0.1) is 7.11 Å². The van der Waals surface area contributed by atoms with Crippen LogP contribution in [-0.2, 0) is 0 Å². The minimum atomic E-state index is -0.337. The number of aryl methyl sites for hydroxylation is 1. The van der Waals surface area contributed by atoms with Gasteiger partial charge in [0.2, 0.25) is 0 Å². The molecule has 0 aliphatic carbocycles. The normalized spacial score (nSPS) is 10.3. The van der Waals surface area contributed by atoms with Gasteiger partial charge < -0.3 is 9.84 Å². The highest BCUT2D eigenvalue weighted by atomic mass is 19.1. The number of rotatable bonds is 2. The molecule has 88 valence electrons. The number of phenolic OH excluding ortho intramolecular Hbond substituents is 1. The lowest BCUT2D eigenvalue weighted by Crippen LogP contribution is -1.88. The van der Waals surface area contributed by atoms with Crippen molar-refractivity contribution in [1.29, 1.82) is 0 Å². The van der Waals surface area contributed by atoms with Gasteiger partial charge in [-0.25, -0.2) is 4.39 Å². The van der Waals surface area contributed by atoms with E-state index in [1.165, 1.54) is 19.2 Å². The molecule has 0 amide bonds. The van der Waals surface area contributed by atoms with Crippen LogP contribution in [0.1, 0.15) is 5.56 Å². The number of benzene rings is 2. The van der Waals surface area contributed by atoms with E-state index in [4.69, 9.17) is 4.74 Å². The molecular formula is C14H13FO2. The molecule has 3 heteroatoms. The van der Waals surface area contributed by atoms with Crippen LogP contribution in [0.3, 0.4) is 0 Å². The lowest BCUT2D eigenvalue weighted by atomic mass is 10.0. The summed E-state index contributed by atoms with van der Waals surface area (Å²) in [5.41, 5.74) is 1.93. The summed E-state index contributed by atoms with van der Waals surface area (Å²) in [5, 5.41) is 9.52. The Hall–Kier alpha value is -2.03. The molecule has 0 aliphatic rings. The zero-order chi connectivity index (χ0) is 12.4. The Morgan fingerprint density at radius 3 is 2.53 bits per heavy atom. The summed E-state index contributed by atoms with van der Waals surface area (Å²) in [6.45, 7) is 1.85. The summed E-state index contributed by atoms with van der Waals surface area (Å²) in [4.78, 5) is 0. The Morgan fingerprint density at radius 1 is 1.12 bits per heavy atom. The van der Waals surface area contributed by atoms with Crippen molar-refractivity contribution in [2.24, 2.45) is 0 Å². The van der Waals surface area contributed by atoms with Gasteiger partial charge in [-0.1, -0.05) is 6.07 Å². The Labute approximate surface area is 99.3 Å². The molecule has 0 unspecified atom stereocenters. The van der Waals surface area contributed by atoms with Crippen molar-refractivity contribution in [2.75, 3.05) is 7.11 Å². The van der Waals surface area contributed by atoms with E-state index in [0.717, 1.165) is 5.56 Å². The van der Waals surface area contributed by atoms with Crippen LogP contribution in [-0.4, -0.2) is 12.2 Å². The number of aromatic hydroxyl groups is 1. The summed E-state index contributed by atoms with van der Waals surface area (Å²) in [6, 6.07) is 9.51. The van der Waals surface area contributed by atoms with E-state index in [0.29, 0.717) is 16.9 Å². The zero-order valence-electron chi connectivity index (χ0n) is 9.70. The standard InChI is InChI=1S/C14H13FO2/c1-9-5-10(7-11(16)6-9)13-8-12(17-2)3-4-14(13)15/h3-8,16H,1-2H3. The van der Waals surface area contributed by atoms with Gasteiger partial charge in [0.15, 0.2) is 0 Å². The van der Waals surface area contributed by atoms with E-state index in [-0.39, 0.29) is 11.6 Å². The van der Waals surface area contributed by atoms with E-state index in [9.17, 15) is 9.50 Å². The molecule has 0 radical (unpaired) electrons. The second kappa shape index (κ2) is 4.45. The maximum Gasteiger partial charge on any atom is 0.131 e. The van der Waals surface area contributed by atoms with Crippen LogP contribution in [0.15, 0.2) is 36.4 Å². The summed E-state index contributed by atoms with van der Waals surface area (Å²) in [5.74, 6) is 0.375. The van der Waals surface area contributed by atoms with Gasteiger partial charge in [0, 0.05) is 5.56 Å². The number of halogens is 1. The summed E-state index contributed by atoms with van der Waals surface area (Å²) in [7, 11) is 1.53. The quantitative estimate of drug-likeness (QED) is 0.858. The first-order chi connectivity index (χ1) is 8.10. The van der Waals surface area contributed by atoms with E-state index in [2.05, 4.69) is 0 Å². The van der Waals surface area contributed by atoms with Gasteiger partial charge in [-0.2, -0.15) is 0 Å². The van der Waals surface area contributed by atoms with Crippen LogP contribution in [0, 0.1) is 12.7 Å². The first-order valence-corrected chi connectivity index (χ1v) is 5.25. The zero-order valence-corrected chi connectivity index (χ0v) is 9.70. The molecule has 17 heavy (non-hydrogen) atoms. The molecule has 0 saturated heterocycles. The fourth-order valence-corrected chi connectivity index (χ4v) is 1.77. The molecule has 0 bridgehead atoms. The van der Waals surface area contributed by atoms with E-state index >= 15 is 0 Å². The topological polar surface area (TPSA) is 29.5 Å². The van der Waals surface area contributed by atoms with Crippen LogP contribution in [0.4, 0.5) is 4.39 Å². The molecule has 0 spiro atoms. The predicted octanol–water partition coefficient (Wildman–Crippen LogP) is 3.52. The molecule has 0 aliphatic heterocycles. The van der Waals surface area contributed by atoms with Crippen LogP contribution in [0.5, 0.6) is 11.5 Å².